The Labute approximate surface area is 171 Å². The van der Waals surface area contributed by atoms with E-state index < -0.39 is 28.5 Å². The number of methoxy groups -OCH3 is 2. The Bertz CT molecular complexity index is 985. The number of esters is 1. The number of rotatable bonds is 8. The second-order valence-electron chi connectivity index (χ2n) is 6.15. The zero-order valence-corrected chi connectivity index (χ0v) is 16.8. The Morgan fingerprint density at radius 3 is 2.10 bits per heavy atom. The summed E-state index contributed by atoms with van der Waals surface area (Å²) in [5, 5.41) is 13.9. The lowest BCUT2D eigenvalue weighted by Gasteiger charge is -2.14. The van der Waals surface area contributed by atoms with E-state index in [1.165, 1.54) is 52.3 Å². The smallest absolute Gasteiger partial charge is 0.346 e. The van der Waals surface area contributed by atoms with E-state index in [-0.39, 0.29) is 28.5 Å². The highest BCUT2D eigenvalue weighted by molar-refractivity contribution is 6.02. The molecule has 2 rings (SSSR count). The third-order valence-electron chi connectivity index (χ3n) is 4.06. The Hall–Kier alpha value is -3.95. The molecule has 1 N–H and O–H groups in total. The zero-order valence-electron chi connectivity index (χ0n) is 16.8. The van der Waals surface area contributed by atoms with Crippen LogP contribution in [0.2, 0.25) is 0 Å². The van der Waals surface area contributed by atoms with Crippen LogP contribution in [0.3, 0.4) is 0 Å². The van der Waals surface area contributed by atoms with Crippen molar-refractivity contribution < 1.29 is 33.5 Å². The third-order valence-corrected chi connectivity index (χ3v) is 4.06. The van der Waals surface area contributed by atoms with Crippen LogP contribution in [-0.4, -0.2) is 42.9 Å². The number of carbonyl (C=O) groups is 3. The average molecular weight is 416 g/mol. The van der Waals surface area contributed by atoms with Gasteiger partial charge in [0.05, 0.1) is 25.2 Å². The molecule has 1 amide bonds. The number of nitro groups is 1. The van der Waals surface area contributed by atoms with Gasteiger partial charge in [0, 0.05) is 24.2 Å². The summed E-state index contributed by atoms with van der Waals surface area (Å²) in [4.78, 5) is 46.7. The number of anilines is 1. The Kier molecular flexibility index (Phi) is 7.08. The highest BCUT2D eigenvalue weighted by Crippen LogP contribution is 2.35. The monoisotopic (exact) mass is 416 g/mol. The molecule has 0 unspecified atom stereocenters. The Morgan fingerprint density at radius 2 is 1.60 bits per heavy atom. The predicted molar refractivity (Wildman–Crippen MR) is 106 cm³/mol. The maximum absolute atomic E-state index is 12.5. The van der Waals surface area contributed by atoms with E-state index in [0.29, 0.717) is 5.69 Å². The fourth-order valence-electron chi connectivity index (χ4n) is 2.62. The van der Waals surface area contributed by atoms with Gasteiger partial charge in [0.2, 0.25) is 11.7 Å². The molecule has 0 aromatic heterocycles. The first-order valence-electron chi connectivity index (χ1n) is 8.71. The van der Waals surface area contributed by atoms with Gasteiger partial charge in [0.25, 0.3) is 5.69 Å². The van der Waals surface area contributed by atoms with E-state index in [4.69, 9.17) is 14.2 Å². The number of nitrogens with one attached hydrogen (secondary N) is 1. The number of nitro benzene ring substituents is 1. The van der Waals surface area contributed by atoms with Crippen molar-refractivity contribution in [3.8, 4) is 11.5 Å². The molecule has 0 aliphatic heterocycles. The maximum Gasteiger partial charge on any atom is 0.346 e. The van der Waals surface area contributed by atoms with Crippen LogP contribution in [0.1, 0.15) is 34.6 Å². The minimum atomic E-state index is -1.21. The molecule has 0 radical (unpaired) electrons. The van der Waals surface area contributed by atoms with E-state index in [2.05, 4.69) is 5.32 Å². The summed E-state index contributed by atoms with van der Waals surface area (Å²) in [6.45, 7) is 2.71. The largest absolute Gasteiger partial charge is 0.493 e. The number of benzene rings is 2. The summed E-state index contributed by atoms with van der Waals surface area (Å²) >= 11 is 0. The second-order valence-corrected chi connectivity index (χ2v) is 6.15. The summed E-state index contributed by atoms with van der Waals surface area (Å²) < 4.78 is 15.2. The molecule has 0 saturated carbocycles. The van der Waals surface area contributed by atoms with Crippen LogP contribution in [0, 0.1) is 10.1 Å². The van der Waals surface area contributed by atoms with E-state index in [0.717, 1.165) is 12.1 Å². The van der Waals surface area contributed by atoms with Crippen molar-refractivity contribution in [1.82, 2.24) is 0 Å². The molecule has 2 aromatic carbocycles. The fourth-order valence-corrected chi connectivity index (χ4v) is 2.62. The molecular weight excluding hydrogens is 396 g/mol. The normalized spacial score (nSPS) is 11.2. The van der Waals surface area contributed by atoms with E-state index in [1.54, 1.807) is 0 Å². The number of nitrogens with zero attached hydrogens (tertiary/aromatic N) is 1. The molecule has 2 aromatic rings. The van der Waals surface area contributed by atoms with Crippen molar-refractivity contribution in [1.29, 1.82) is 0 Å². The van der Waals surface area contributed by atoms with E-state index >= 15 is 0 Å². The Morgan fingerprint density at radius 1 is 1.03 bits per heavy atom. The number of ketones is 1. The molecule has 0 bridgehead atoms. The SMILES string of the molecule is COc1cc(C(=O)O[C@@H](C)C(=O)c2ccc(NC(C)=O)cc2)c([N+](=O)[O-])cc1OC. The summed E-state index contributed by atoms with van der Waals surface area (Å²) in [6.07, 6.45) is -1.21. The standard InChI is InChI=1S/C20H20N2O8/c1-11(19(24)13-5-7-14(8-6-13)21-12(2)23)30-20(25)15-9-17(28-3)18(29-4)10-16(15)22(26)27/h5-11H,1-4H3,(H,21,23)/t11-/m0/s1. The van der Waals surface area contributed by atoms with Gasteiger partial charge in [0.15, 0.2) is 17.6 Å². The molecule has 30 heavy (non-hydrogen) atoms. The van der Waals surface area contributed by atoms with Crippen LogP contribution in [0.5, 0.6) is 11.5 Å². The predicted octanol–water partition coefficient (Wildman–Crippen LogP) is 3.00. The molecule has 0 spiro atoms. The summed E-state index contributed by atoms with van der Waals surface area (Å²) in [6, 6.07) is 8.17. The van der Waals surface area contributed by atoms with Gasteiger partial charge in [-0.3, -0.25) is 19.7 Å². The maximum atomic E-state index is 12.5. The number of ether oxygens (including phenoxy) is 3. The molecule has 0 aliphatic carbocycles. The van der Waals surface area contributed by atoms with Crippen LogP contribution < -0.4 is 14.8 Å². The van der Waals surface area contributed by atoms with Crippen molar-refractivity contribution in [3.63, 3.8) is 0 Å². The lowest BCUT2D eigenvalue weighted by molar-refractivity contribution is -0.385. The first-order chi connectivity index (χ1) is 14.2. The first-order valence-corrected chi connectivity index (χ1v) is 8.71. The first kappa shape index (κ1) is 22.3. The summed E-state index contributed by atoms with van der Waals surface area (Å²) in [5.74, 6) is -1.65. The molecule has 0 saturated heterocycles. The van der Waals surface area contributed by atoms with Crippen molar-refractivity contribution in [2.24, 2.45) is 0 Å². The fraction of sp³-hybridized carbons (Fsp3) is 0.250. The van der Waals surface area contributed by atoms with Crippen LogP contribution in [-0.2, 0) is 9.53 Å². The number of carbonyl (C=O) groups excluding carboxylic acids is 3. The number of Topliss-reactive ketones (excluding diaryl/α,β-unsaturated/α-hetero) is 1. The lowest BCUT2D eigenvalue weighted by atomic mass is 10.1. The van der Waals surface area contributed by atoms with Crippen LogP contribution in [0.15, 0.2) is 36.4 Å². The minimum Gasteiger partial charge on any atom is -0.493 e. The van der Waals surface area contributed by atoms with Gasteiger partial charge < -0.3 is 19.5 Å². The summed E-state index contributed by atoms with van der Waals surface area (Å²) in [7, 11) is 2.62. The van der Waals surface area contributed by atoms with E-state index in [1.807, 2.05) is 0 Å². The quantitative estimate of drug-likeness (QED) is 0.300. The third kappa shape index (κ3) is 5.10. The number of amides is 1. The number of hydrogen-bond donors (Lipinski definition) is 1. The molecular formula is C20H20N2O8. The molecule has 1 atom stereocenters. The summed E-state index contributed by atoms with van der Waals surface area (Å²) in [5.41, 5.74) is -0.175. The molecule has 10 nitrogen and oxygen atoms in total. The van der Waals surface area contributed by atoms with Crippen molar-refractivity contribution >= 4 is 29.0 Å². The molecule has 158 valence electrons. The molecule has 0 fully saturated rings. The van der Waals surface area contributed by atoms with Gasteiger partial charge in [-0.15, -0.1) is 0 Å². The highest BCUT2D eigenvalue weighted by atomic mass is 16.6. The van der Waals surface area contributed by atoms with Crippen molar-refractivity contribution in [3.05, 3.63) is 57.6 Å². The molecule has 10 heteroatoms. The molecule has 0 aliphatic rings. The molecule has 0 heterocycles. The van der Waals surface area contributed by atoms with Gasteiger partial charge >= 0.3 is 5.97 Å². The minimum absolute atomic E-state index is 0.0733. The highest BCUT2D eigenvalue weighted by Gasteiger charge is 2.28. The second kappa shape index (κ2) is 9.50. The van der Waals surface area contributed by atoms with Gasteiger partial charge in [-0.05, 0) is 31.2 Å². The van der Waals surface area contributed by atoms with Crippen LogP contribution in [0.25, 0.3) is 0 Å². The van der Waals surface area contributed by atoms with Gasteiger partial charge in [-0.2, -0.15) is 0 Å². The zero-order chi connectivity index (χ0) is 22.4. The average Bonchev–Trinajstić information content (AvgIpc) is 2.71. The van der Waals surface area contributed by atoms with Crippen LogP contribution in [0.4, 0.5) is 11.4 Å². The van der Waals surface area contributed by atoms with Gasteiger partial charge in [-0.25, -0.2) is 4.79 Å². The van der Waals surface area contributed by atoms with Crippen molar-refractivity contribution in [2.45, 2.75) is 20.0 Å². The van der Waals surface area contributed by atoms with Crippen molar-refractivity contribution in [2.75, 3.05) is 19.5 Å². The number of hydrogen-bond acceptors (Lipinski definition) is 8. The van der Waals surface area contributed by atoms with Crippen LogP contribution >= 0.6 is 0 Å². The van der Waals surface area contributed by atoms with Gasteiger partial charge in [-0.1, -0.05) is 0 Å². The topological polar surface area (TPSA) is 134 Å². The lowest BCUT2D eigenvalue weighted by Crippen LogP contribution is -2.25. The Balaban J connectivity index is 2.23. The van der Waals surface area contributed by atoms with E-state index in [9.17, 15) is 24.5 Å². The van der Waals surface area contributed by atoms with Gasteiger partial charge in [0.1, 0.15) is 5.56 Å².